The fourth-order valence-corrected chi connectivity index (χ4v) is 4.23. The van der Waals surface area contributed by atoms with Crippen LogP contribution < -0.4 is 14.2 Å². The van der Waals surface area contributed by atoms with E-state index in [0.717, 1.165) is 22.3 Å². The van der Waals surface area contributed by atoms with Gasteiger partial charge in [0.1, 0.15) is 34.1 Å². The third kappa shape index (κ3) is 6.76. The molecule has 0 unspecified atom stereocenters. The van der Waals surface area contributed by atoms with Crippen LogP contribution in [-0.4, -0.2) is 40.4 Å². The zero-order valence-corrected chi connectivity index (χ0v) is 22.4. The molecule has 0 saturated heterocycles. The molecule has 7 heteroatoms. The first-order valence-electron chi connectivity index (χ1n) is 12.3. The quantitative estimate of drug-likeness (QED) is 0.226. The van der Waals surface area contributed by atoms with Gasteiger partial charge in [0.05, 0.1) is 28.4 Å². The van der Waals surface area contributed by atoms with Gasteiger partial charge < -0.3 is 23.7 Å². The second kappa shape index (κ2) is 12.6. The van der Waals surface area contributed by atoms with Crippen molar-refractivity contribution in [3.8, 4) is 23.0 Å². The normalized spacial score (nSPS) is 10.5. The van der Waals surface area contributed by atoms with E-state index in [9.17, 15) is 9.59 Å². The number of methoxy groups -OCH3 is 4. The summed E-state index contributed by atoms with van der Waals surface area (Å²) in [6.45, 7) is 0. The van der Waals surface area contributed by atoms with Crippen molar-refractivity contribution in [3.05, 3.63) is 118 Å². The van der Waals surface area contributed by atoms with E-state index in [1.165, 1.54) is 28.4 Å². The molecule has 0 N–H and O–H groups in total. The molecule has 0 aliphatic rings. The molecule has 7 nitrogen and oxygen atoms in total. The minimum absolute atomic E-state index is 0.400. The number of carbonyl (C=O) groups is 2. The summed E-state index contributed by atoms with van der Waals surface area (Å²) < 4.78 is 26.3. The van der Waals surface area contributed by atoms with Crippen molar-refractivity contribution in [1.82, 2.24) is 0 Å². The molecule has 0 radical (unpaired) electrons. The van der Waals surface area contributed by atoms with Crippen molar-refractivity contribution >= 4 is 11.9 Å². The first-order valence-corrected chi connectivity index (χ1v) is 12.3. The molecule has 0 saturated carbocycles. The third-order valence-electron chi connectivity index (χ3n) is 6.24. The molecule has 0 aromatic heterocycles. The topological polar surface area (TPSA) is 80.3 Å². The monoisotopic (exact) mass is 526 g/mol. The van der Waals surface area contributed by atoms with E-state index in [0.29, 0.717) is 47.0 Å². The van der Waals surface area contributed by atoms with Crippen LogP contribution in [0.5, 0.6) is 23.0 Å². The van der Waals surface area contributed by atoms with Gasteiger partial charge in [0.15, 0.2) is 0 Å². The van der Waals surface area contributed by atoms with Crippen molar-refractivity contribution in [2.75, 3.05) is 28.4 Å². The highest BCUT2D eigenvalue weighted by Gasteiger charge is 2.15. The smallest absolute Gasteiger partial charge is 0.341 e. The second-order valence-electron chi connectivity index (χ2n) is 8.80. The van der Waals surface area contributed by atoms with E-state index in [1.807, 2.05) is 60.7 Å². The molecule has 0 aliphatic heterocycles. The average Bonchev–Trinajstić information content (AvgIpc) is 2.98. The van der Waals surface area contributed by atoms with Crippen molar-refractivity contribution in [3.63, 3.8) is 0 Å². The van der Waals surface area contributed by atoms with Gasteiger partial charge >= 0.3 is 11.9 Å². The van der Waals surface area contributed by atoms with E-state index in [4.69, 9.17) is 23.7 Å². The number of benzene rings is 4. The molecule has 0 heterocycles. The van der Waals surface area contributed by atoms with E-state index in [1.54, 1.807) is 24.3 Å². The number of ether oxygens (including phenoxy) is 5. The van der Waals surface area contributed by atoms with Crippen LogP contribution in [0.2, 0.25) is 0 Å². The second-order valence-corrected chi connectivity index (χ2v) is 8.80. The summed E-state index contributed by atoms with van der Waals surface area (Å²) in [6.07, 6.45) is 1.29. The van der Waals surface area contributed by atoms with Gasteiger partial charge in [-0.3, -0.25) is 0 Å². The highest BCUT2D eigenvalue weighted by molar-refractivity contribution is 5.93. The molecular formula is C32H30O7. The molecule has 4 aromatic carbocycles. The Kier molecular flexibility index (Phi) is 8.84. The Morgan fingerprint density at radius 1 is 0.513 bits per heavy atom. The van der Waals surface area contributed by atoms with E-state index in [2.05, 4.69) is 0 Å². The highest BCUT2D eigenvalue weighted by Crippen LogP contribution is 2.27. The van der Waals surface area contributed by atoms with Crippen molar-refractivity contribution < 1.29 is 33.3 Å². The first kappa shape index (κ1) is 27.3. The summed E-state index contributed by atoms with van der Waals surface area (Å²) in [5.74, 6) is 1.53. The SMILES string of the molecule is COC(=O)c1cc(Cc2ccc(Oc3ccc(Cc4ccc(OC)c(C(=O)OC)c4)cc3)cc2)ccc1OC. The molecule has 4 rings (SSSR count). The van der Waals surface area contributed by atoms with Gasteiger partial charge in [-0.1, -0.05) is 36.4 Å². The van der Waals surface area contributed by atoms with E-state index in [-0.39, 0.29) is 0 Å². The molecule has 0 atom stereocenters. The molecular weight excluding hydrogens is 496 g/mol. The van der Waals surface area contributed by atoms with Crippen LogP contribution in [0.3, 0.4) is 0 Å². The lowest BCUT2D eigenvalue weighted by atomic mass is 10.0. The largest absolute Gasteiger partial charge is 0.496 e. The Morgan fingerprint density at radius 3 is 1.21 bits per heavy atom. The van der Waals surface area contributed by atoms with Crippen molar-refractivity contribution in [2.24, 2.45) is 0 Å². The van der Waals surface area contributed by atoms with E-state index < -0.39 is 11.9 Å². The lowest BCUT2D eigenvalue weighted by molar-refractivity contribution is 0.0588. The zero-order chi connectivity index (χ0) is 27.8. The highest BCUT2D eigenvalue weighted by atomic mass is 16.5. The number of esters is 2. The fraction of sp³-hybridized carbons (Fsp3) is 0.188. The fourth-order valence-electron chi connectivity index (χ4n) is 4.23. The average molecular weight is 527 g/mol. The molecule has 200 valence electrons. The molecule has 0 spiro atoms. The number of hydrogen-bond donors (Lipinski definition) is 0. The van der Waals surface area contributed by atoms with Gasteiger partial charge in [-0.05, 0) is 83.6 Å². The number of hydrogen-bond acceptors (Lipinski definition) is 7. The van der Waals surface area contributed by atoms with Gasteiger partial charge in [-0.15, -0.1) is 0 Å². The first-order chi connectivity index (χ1) is 18.9. The van der Waals surface area contributed by atoms with Gasteiger partial charge in [0.2, 0.25) is 0 Å². The predicted molar refractivity (Wildman–Crippen MR) is 147 cm³/mol. The Balaban J connectivity index is 1.39. The van der Waals surface area contributed by atoms with Crippen molar-refractivity contribution in [1.29, 1.82) is 0 Å². The van der Waals surface area contributed by atoms with Gasteiger partial charge in [0.25, 0.3) is 0 Å². The molecule has 39 heavy (non-hydrogen) atoms. The van der Waals surface area contributed by atoms with Crippen LogP contribution in [0.15, 0.2) is 84.9 Å². The van der Waals surface area contributed by atoms with Crippen LogP contribution in [0.1, 0.15) is 43.0 Å². The zero-order valence-electron chi connectivity index (χ0n) is 22.4. The Bertz CT molecular complexity index is 1330. The number of rotatable bonds is 10. The summed E-state index contributed by atoms with van der Waals surface area (Å²) in [5.41, 5.74) is 4.88. The summed E-state index contributed by atoms with van der Waals surface area (Å²) in [5, 5.41) is 0. The van der Waals surface area contributed by atoms with Crippen LogP contribution in [0.4, 0.5) is 0 Å². The van der Waals surface area contributed by atoms with Gasteiger partial charge in [0, 0.05) is 0 Å². The summed E-state index contributed by atoms with van der Waals surface area (Å²) >= 11 is 0. The Morgan fingerprint density at radius 2 is 0.872 bits per heavy atom. The van der Waals surface area contributed by atoms with Gasteiger partial charge in [-0.2, -0.15) is 0 Å². The molecule has 0 bridgehead atoms. The van der Waals surface area contributed by atoms with Crippen LogP contribution >= 0.6 is 0 Å². The predicted octanol–water partition coefficient (Wildman–Crippen LogP) is 6.25. The molecule has 0 aliphatic carbocycles. The van der Waals surface area contributed by atoms with Gasteiger partial charge in [-0.25, -0.2) is 9.59 Å². The lowest BCUT2D eigenvalue weighted by Gasteiger charge is -2.11. The van der Waals surface area contributed by atoms with Crippen LogP contribution in [0, 0.1) is 0 Å². The van der Waals surface area contributed by atoms with Crippen LogP contribution in [0.25, 0.3) is 0 Å². The summed E-state index contributed by atoms with van der Waals surface area (Å²) in [4.78, 5) is 24.1. The molecule has 0 amide bonds. The minimum atomic E-state index is -0.432. The Labute approximate surface area is 227 Å². The Hall–Kier alpha value is -4.78. The van der Waals surface area contributed by atoms with Crippen LogP contribution in [-0.2, 0) is 22.3 Å². The van der Waals surface area contributed by atoms with E-state index >= 15 is 0 Å². The summed E-state index contributed by atoms with van der Waals surface area (Å²) in [7, 11) is 5.75. The molecule has 0 fully saturated rings. The maximum atomic E-state index is 12.1. The molecule has 4 aromatic rings. The lowest BCUT2D eigenvalue weighted by Crippen LogP contribution is -2.05. The summed E-state index contributed by atoms with van der Waals surface area (Å²) in [6, 6.07) is 26.6. The maximum absolute atomic E-state index is 12.1. The standard InChI is InChI=1S/C32H30O7/c1-35-29-15-9-23(19-27(29)31(33)37-3)17-21-5-11-25(12-6-21)39-26-13-7-22(8-14-26)18-24-10-16-30(36-2)28(20-24)32(34)38-4/h5-16,19-20H,17-18H2,1-4H3. The third-order valence-corrected chi connectivity index (χ3v) is 6.24. The van der Waals surface area contributed by atoms with Crippen molar-refractivity contribution in [2.45, 2.75) is 12.8 Å². The minimum Gasteiger partial charge on any atom is -0.496 e. The number of carbonyl (C=O) groups excluding carboxylic acids is 2. The maximum Gasteiger partial charge on any atom is 0.341 e.